The van der Waals surface area contributed by atoms with Crippen LogP contribution in [0, 0.1) is 5.92 Å². The summed E-state index contributed by atoms with van der Waals surface area (Å²) in [4.78, 5) is 41.0. The van der Waals surface area contributed by atoms with E-state index < -0.39 is 0 Å². The molecule has 3 amide bonds. The molecule has 2 heterocycles. The van der Waals surface area contributed by atoms with Crippen LogP contribution >= 0.6 is 0 Å². The third kappa shape index (κ3) is 4.81. The monoisotopic (exact) mass is 403 g/mol. The van der Waals surface area contributed by atoms with Crippen LogP contribution in [0.5, 0.6) is 11.5 Å². The number of hydrogen-bond acceptors (Lipinski definition) is 5. The molecule has 1 aromatic rings. The minimum atomic E-state index is -0.372. The molecular formula is C21H29N3O5. The lowest BCUT2D eigenvalue weighted by Crippen LogP contribution is -2.48. The van der Waals surface area contributed by atoms with Crippen LogP contribution in [0.15, 0.2) is 18.2 Å². The van der Waals surface area contributed by atoms with E-state index in [2.05, 4.69) is 5.32 Å². The average Bonchev–Trinajstić information content (AvgIpc) is 3.03. The third-order valence-electron chi connectivity index (χ3n) is 5.59. The Bertz CT molecular complexity index is 789. The molecule has 8 nitrogen and oxygen atoms in total. The first kappa shape index (κ1) is 21.0. The first-order valence-corrected chi connectivity index (χ1v) is 9.98. The summed E-state index contributed by atoms with van der Waals surface area (Å²) in [6.07, 6.45) is 1.49. The number of nitrogens with zero attached hydrogens (tertiary/aromatic N) is 2. The van der Waals surface area contributed by atoms with Gasteiger partial charge in [-0.25, -0.2) is 0 Å². The number of benzene rings is 1. The number of piperidine rings is 1. The van der Waals surface area contributed by atoms with Gasteiger partial charge >= 0.3 is 0 Å². The fourth-order valence-corrected chi connectivity index (χ4v) is 4.02. The van der Waals surface area contributed by atoms with Gasteiger partial charge in [-0.3, -0.25) is 14.4 Å². The van der Waals surface area contributed by atoms with E-state index in [1.54, 1.807) is 9.80 Å². The fraction of sp³-hybridized carbons (Fsp3) is 0.571. The third-order valence-corrected chi connectivity index (χ3v) is 5.59. The van der Waals surface area contributed by atoms with Gasteiger partial charge in [0, 0.05) is 49.3 Å². The topological polar surface area (TPSA) is 110 Å². The lowest BCUT2D eigenvalue weighted by Gasteiger charge is -2.35. The maximum atomic E-state index is 12.8. The number of phenols is 2. The molecule has 0 radical (unpaired) electrons. The van der Waals surface area contributed by atoms with Crippen LogP contribution in [0.2, 0.25) is 0 Å². The summed E-state index contributed by atoms with van der Waals surface area (Å²) in [6, 6.07) is 3.67. The highest BCUT2D eigenvalue weighted by molar-refractivity contribution is 5.95. The number of hydrogen-bond donors (Lipinski definition) is 3. The molecule has 3 rings (SSSR count). The molecule has 2 aliphatic rings. The maximum absolute atomic E-state index is 12.8. The normalized spacial score (nSPS) is 20.8. The zero-order valence-corrected chi connectivity index (χ0v) is 17.1. The molecule has 0 saturated carbocycles. The second kappa shape index (κ2) is 7.93. The molecule has 3 N–H and O–H groups in total. The van der Waals surface area contributed by atoms with Crippen molar-refractivity contribution in [3.05, 3.63) is 23.8 Å². The first-order valence-electron chi connectivity index (χ1n) is 9.98. The zero-order chi connectivity index (χ0) is 21.3. The SMILES string of the molecule is CC(C)(C)N1CC(C(=O)N2CCC(NC(=O)c3cc(O)cc(O)c3)CC2)CC1=O. The number of likely N-dealkylation sites (tertiary alicyclic amines) is 2. The van der Waals surface area contributed by atoms with Crippen LogP contribution in [-0.2, 0) is 9.59 Å². The van der Waals surface area contributed by atoms with E-state index in [0.29, 0.717) is 32.5 Å². The second-order valence-corrected chi connectivity index (χ2v) is 8.89. The summed E-state index contributed by atoms with van der Waals surface area (Å²) in [5.41, 5.74) is -0.100. The average molecular weight is 403 g/mol. The van der Waals surface area contributed by atoms with E-state index in [9.17, 15) is 24.6 Å². The summed E-state index contributed by atoms with van der Waals surface area (Å²) in [6.45, 7) is 7.41. The van der Waals surface area contributed by atoms with Crippen LogP contribution in [0.4, 0.5) is 0 Å². The molecule has 2 fully saturated rings. The Morgan fingerprint density at radius 1 is 1.07 bits per heavy atom. The van der Waals surface area contributed by atoms with Crippen molar-refractivity contribution in [3.63, 3.8) is 0 Å². The van der Waals surface area contributed by atoms with E-state index in [0.717, 1.165) is 6.07 Å². The quantitative estimate of drug-likeness (QED) is 0.708. The van der Waals surface area contributed by atoms with Crippen LogP contribution < -0.4 is 5.32 Å². The number of nitrogens with one attached hydrogen (secondary N) is 1. The molecule has 0 aromatic heterocycles. The van der Waals surface area contributed by atoms with Crippen molar-refractivity contribution in [1.29, 1.82) is 0 Å². The van der Waals surface area contributed by atoms with Crippen molar-refractivity contribution in [2.24, 2.45) is 5.92 Å². The highest BCUT2D eigenvalue weighted by Crippen LogP contribution is 2.28. The molecule has 1 aromatic carbocycles. The number of aromatic hydroxyl groups is 2. The molecule has 8 heteroatoms. The van der Waals surface area contributed by atoms with E-state index in [-0.39, 0.29) is 58.7 Å². The van der Waals surface area contributed by atoms with Crippen LogP contribution in [0.1, 0.15) is 50.4 Å². The Hall–Kier alpha value is -2.77. The van der Waals surface area contributed by atoms with E-state index in [1.165, 1.54) is 12.1 Å². The highest BCUT2D eigenvalue weighted by Gasteiger charge is 2.41. The van der Waals surface area contributed by atoms with Gasteiger partial charge in [-0.05, 0) is 45.7 Å². The molecule has 29 heavy (non-hydrogen) atoms. The van der Waals surface area contributed by atoms with Crippen molar-refractivity contribution in [2.75, 3.05) is 19.6 Å². The summed E-state index contributed by atoms with van der Waals surface area (Å²) in [7, 11) is 0. The number of phenolic OH excluding ortho intramolecular Hbond substituents is 2. The van der Waals surface area contributed by atoms with E-state index in [1.807, 2.05) is 20.8 Å². The smallest absolute Gasteiger partial charge is 0.251 e. The Morgan fingerprint density at radius 2 is 1.66 bits per heavy atom. The summed E-state index contributed by atoms with van der Waals surface area (Å²) < 4.78 is 0. The Balaban J connectivity index is 1.52. The molecule has 2 aliphatic heterocycles. The highest BCUT2D eigenvalue weighted by atomic mass is 16.3. The van der Waals surface area contributed by atoms with Gasteiger partial charge in [-0.15, -0.1) is 0 Å². The van der Waals surface area contributed by atoms with Crippen molar-refractivity contribution in [3.8, 4) is 11.5 Å². The van der Waals surface area contributed by atoms with Crippen LogP contribution in [0.25, 0.3) is 0 Å². The van der Waals surface area contributed by atoms with Gasteiger partial charge in [0.1, 0.15) is 11.5 Å². The largest absolute Gasteiger partial charge is 0.508 e. The number of carbonyl (C=O) groups excluding carboxylic acids is 3. The predicted octanol–water partition coefficient (Wildman–Crippen LogP) is 1.47. The molecule has 1 atom stereocenters. The van der Waals surface area contributed by atoms with Crippen molar-refractivity contribution < 1.29 is 24.6 Å². The Kier molecular flexibility index (Phi) is 5.73. The fourth-order valence-electron chi connectivity index (χ4n) is 4.02. The Morgan fingerprint density at radius 3 is 2.17 bits per heavy atom. The molecule has 0 bridgehead atoms. The second-order valence-electron chi connectivity index (χ2n) is 8.89. The standard InChI is InChI=1S/C21H29N3O5/c1-21(2,3)24-12-14(10-18(24)27)20(29)23-6-4-15(5-7-23)22-19(28)13-8-16(25)11-17(26)9-13/h8-9,11,14-15,25-26H,4-7,10,12H2,1-3H3,(H,22,28). The maximum Gasteiger partial charge on any atom is 0.251 e. The molecule has 0 aliphatic carbocycles. The molecule has 0 spiro atoms. The van der Waals surface area contributed by atoms with Gasteiger partial charge in [0.15, 0.2) is 0 Å². The van der Waals surface area contributed by atoms with Crippen molar-refractivity contribution in [1.82, 2.24) is 15.1 Å². The van der Waals surface area contributed by atoms with E-state index in [4.69, 9.17) is 0 Å². The van der Waals surface area contributed by atoms with Crippen LogP contribution in [0.3, 0.4) is 0 Å². The van der Waals surface area contributed by atoms with Gasteiger partial charge in [-0.2, -0.15) is 0 Å². The minimum absolute atomic E-state index is 0.00720. The summed E-state index contributed by atoms with van der Waals surface area (Å²) >= 11 is 0. The van der Waals surface area contributed by atoms with Gasteiger partial charge in [0.2, 0.25) is 11.8 Å². The van der Waals surface area contributed by atoms with Crippen LogP contribution in [-0.4, -0.2) is 68.9 Å². The zero-order valence-electron chi connectivity index (χ0n) is 17.1. The lowest BCUT2D eigenvalue weighted by atomic mass is 10.0. The molecular weight excluding hydrogens is 374 g/mol. The number of carbonyl (C=O) groups is 3. The van der Waals surface area contributed by atoms with E-state index >= 15 is 0 Å². The molecule has 158 valence electrons. The van der Waals surface area contributed by atoms with Crippen molar-refractivity contribution in [2.45, 2.75) is 51.6 Å². The van der Waals surface area contributed by atoms with Gasteiger partial charge in [0.05, 0.1) is 5.92 Å². The molecule has 2 saturated heterocycles. The summed E-state index contributed by atoms with van der Waals surface area (Å²) in [5, 5.41) is 21.9. The predicted molar refractivity (Wildman–Crippen MR) is 106 cm³/mol. The lowest BCUT2D eigenvalue weighted by molar-refractivity contribution is -0.136. The van der Waals surface area contributed by atoms with Gasteiger partial charge in [-0.1, -0.05) is 0 Å². The first-order chi connectivity index (χ1) is 13.5. The van der Waals surface area contributed by atoms with Gasteiger partial charge < -0.3 is 25.3 Å². The number of rotatable bonds is 3. The molecule has 1 unspecified atom stereocenters. The minimum Gasteiger partial charge on any atom is -0.508 e. The Labute approximate surface area is 170 Å². The summed E-state index contributed by atoms with van der Waals surface area (Å²) in [5.74, 6) is -0.997. The van der Waals surface area contributed by atoms with Gasteiger partial charge in [0.25, 0.3) is 5.91 Å². The van der Waals surface area contributed by atoms with Crippen molar-refractivity contribution >= 4 is 17.7 Å². The number of amides is 3.